The van der Waals surface area contributed by atoms with Crippen LogP contribution >= 0.6 is 11.8 Å². The van der Waals surface area contributed by atoms with Gasteiger partial charge in [-0.2, -0.15) is 0 Å². The van der Waals surface area contributed by atoms with Crippen molar-refractivity contribution in [3.05, 3.63) is 6.07 Å². The number of likely N-dealkylation sites (tertiary alicyclic amines) is 1. The minimum absolute atomic E-state index is 0.0848. The van der Waals surface area contributed by atoms with E-state index >= 15 is 0 Å². The van der Waals surface area contributed by atoms with Crippen molar-refractivity contribution in [2.24, 2.45) is 5.84 Å². The lowest BCUT2D eigenvalue weighted by molar-refractivity contribution is -0.127. The second kappa shape index (κ2) is 5.40. The third kappa shape index (κ3) is 2.65. The number of hydrogen-bond acceptors (Lipinski definition) is 7. The van der Waals surface area contributed by atoms with E-state index in [4.69, 9.17) is 5.84 Å². The Morgan fingerprint density at radius 2 is 2.22 bits per heavy atom. The number of nitrogens with one attached hydrogen (secondary N) is 2. The van der Waals surface area contributed by atoms with E-state index in [0.29, 0.717) is 16.8 Å². The van der Waals surface area contributed by atoms with E-state index in [0.717, 1.165) is 13.0 Å². The zero-order valence-corrected chi connectivity index (χ0v) is 11.1. The highest BCUT2D eigenvalue weighted by Gasteiger charge is 2.29. The molecule has 98 valence electrons. The van der Waals surface area contributed by atoms with Crippen molar-refractivity contribution >= 4 is 29.3 Å². The first-order valence-corrected chi connectivity index (χ1v) is 6.77. The molecule has 0 saturated carbocycles. The minimum Gasteiger partial charge on any atom is -0.358 e. The molecular formula is C10H16N6OS. The van der Waals surface area contributed by atoms with Gasteiger partial charge in [0.2, 0.25) is 5.91 Å². The van der Waals surface area contributed by atoms with Crippen molar-refractivity contribution < 1.29 is 4.79 Å². The maximum atomic E-state index is 11.8. The normalized spacial score (nSPS) is 19.2. The zero-order chi connectivity index (χ0) is 13.1. The molecule has 0 aromatic carbocycles. The number of anilines is 2. The highest BCUT2D eigenvalue weighted by molar-refractivity contribution is 7.98. The number of aromatic nitrogens is 2. The van der Waals surface area contributed by atoms with Gasteiger partial charge in [-0.15, -0.1) is 0 Å². The molecule has 2 heterocycles. The van der Waals surface area contributed by atoms with Gasteiger partial charge in [-0.3, -0.25) is 4.79 Å². The zero-order valence-electron chi connectivity index (χ0n) is 10.3. The Labute approximate surface area is 110 Å². The van der Waals surface area contributed by atoms with Gasteiger partial charge in [0, 0.05) is 19.7 Å². The smallest absolute Gasteiger partial charge is 0.244 e. The highest BCUT2D eigenvalue weighted by atomic mass is 32.2. The first-order valence-electron chi connectivity index (χ1n) is 5.55. The first kappa shape index (κ1) is 12.9. The molecule has 1 aliphatic heterocycles. The molecule has 7 nitrogen and oxygen atoms in total. The molecule has 2 rings (SSSR count). The number of carbonyl (C=O) groups is 1. The summed E-state index contributed by atoms with van der Waals surface area (Å²) in [5, 5.41) is 3.72. The topological polar surface area (TPSA) is 96.2 Å². The Morgan fingerprint density at radius 3 is 2.78 bits per heavy atom. The van der Waals surface area contributed by atoms with Crippen LogP contribution in [-0.2, 0) is 4.79 Å². The molecular weight excluding hydrogens is 252 g/mol. The number of amides is 1. The molecule has 1 fully saturated rings. The van der Waals surface area contributed by atoms with Crippen LogP contribution in [0, 0.1) is 0 Å². The van der Waals surface area contributed by atoms with Crippen molar-refractivity contribution in [2.45, 2.75) is 17.6 Å². The maximum Gasteiger partial charge on any atom is 0.244 e. The number of carbonyl (C=O) groups excluding carboxylic acids is 1. The van der Waals surface area contributed by atoms with Gasteiger partial charge in [0.25, 0.3) is 0 Å². The highest BCUT2D eigenvalue weighted by Crippen LogP contribution is 2.19. The molecule has 1 aromatic heterocycles. The summed E-state index contributed by atoms with van der Waals surface area (Å²) in [5.74, 6) is 6.56. The van der Waals surface area contributed by atoms with Gasteiger partial charge in [0.05, 0.1) is 0 Å². The van der Waals surface area contributed by atoms with Crippen LogP contribution in [0.1, 0.15) is 6.42 Å². The average Bonchev–Trinajstić information content (AvgIpc) is 2.70. The summed E-state index contributed by atoms with van der Waals surface area (Å²) in [4.78, 5) is 22.0. The monoisotopic (exact) mass is 268 g/mol. The number of hydrogen-bond donors (Lipinski definition) is 3. The third-order valence-electron chi connectivity index (χ3n) is 2.79. The van der Waals surface area contributed by atoms with Gasteiger partial charge in [-0.1, -0.05) is 11.8 Å². The van der Waals surface area contributed by atoms with Gasteiger partial charge in [0.1, 0.15) is 17.7 Å². The quantitative estimate of drug-likeness (QED) is 0.309. The summed E-state index contributed by atoms with van der Waals surface area (Å²) in [5.41, 5.74) is 2.49. The fourth-order valence-electron chi connectivity index (χ4n) is 1.80. The molecule has 0 aliphatic carbocycles. The third-order valence-corrected chi connectivity index (χ3v) is 3.33. The van der Waals surface area contributed by atoms with Gasteiger partial charge >= 0.3 is 0 Å². The number of nitrogen functional groups attached to an aromatic ring is 1. The van der Waals surface area contributed by atoms with Gasteiger partial charge < -0.3 is 15.6 Å². The summed E-state index contributed by atoms with van der Waals surface area (Å²) < 4.78 is 0. The minimum atomic E-state index is -0.217. The molecule has 0 bridgehead atoms. The van der Waals surface area contributed by atoms with E-state index < -0.39 is 0 Å². The first-order chi connectivity index (χ1) is 8.63. The van der Waals surface area contributed by atoms with Crippen molar-refractivity contribution in [1.29, 1.82) is 0 Å². The molecule has 1 unspecified atom stereocenters. The predicted molar refractivity (Wildman–Crippen MR) is 71.3 cm³/mol. The molecule has 1 atom stereocenters. The second-order valence-corrected chi connectivity index (χ2v) is 4.79. The summed E-state index contributed by atoms with van der Waals surface area (Å²) in [6, 6.07) is 1.47. The van der Waals surface area contributed by atoms with Crippen molar-refractivity contribution in [3.63, 3.8) is 0 Å². The molecule has 1 saturated heterocycles. The van der Waals surface area contributed by atoms with Gasteiger partial charge in [0.15, 0.2) is 5.16 Å². The molecule has 1 aliphatic rings. The van der Waals surface area contributed by atoms with Crippen LogP contribution in [-0.4, -0.2) is 46.7 Å². The molecule has 0 radical (unpaired) electrons. The van der Waals surface area contributed by atoms with Crippen LogP contribution in [0.5, 0.6) is 0 Å². The molecule has 1 amide bonds. The Bertz CT molecular complexity index is 432. The van der Waals surface area contributed by atoms with Crippen molar-refractivity contribution in [2.75, 3.05) is 30.6 Å². The Morgan fingerprint density at radius 1 is 1.50 bits per heavy atom. The Hall–Kier alpha value is -1.54. The lowest BCUT2D eigenvalue weighted by atomic mass is 10.2. The van der Waals surface area contributed by atoms with E-state index in [2.05, 4.69) is 20.7 Å². The summed E-state index contributed by atoms with van der Waals surface area (Å²) in [7, 11) is 1.80. The van der Waals surface area contributed by atoms with Crippen molar-refractivity contribution in [1.82, 2.24) is 14.9 Å². The predicted octanol–water partition coefficient (Wildman–Crippen LogP) is 0.127. The second-order valence-electron chi connectivity index (χ2n) is 4.01. The van der Waals surface area contributed by atoms with E-state index in [1.165, 1.54) is 11.8 Å². The summed E-state index contributed by atoms with van der Waals surface area (Å²) in [6.07, 6.45) is 2.66. The average molecular weight is 268 g/mol. The van der Waals surface area contributed by atoms with Crippen LogP contribution in [0.3, 0.4) is 0 Å². The van der Waals surface area contributed by atoms with E-state index in [1.54, 1.807) is 18.0 Å². The number of thioether (sulfide) groups is 1. The molecule has 8 heteroatoms. The fourth-order valence-corrected chi connectivity index (χ4v) is 2.18. The molecule has 18 heavy (non-hydrogen) atoms. The fraction of sp³-hybridized carbons (Fsp3) is 0.500. The van der Waals surface area contributed by atoms with Crippen LogP contribution in [0.15, 0.2) is 11.2 Å². The Kier molecular flexibility index (Phi) is 3.87. The van der Waals surface area contributed by atoms with Gasteiger partial charge in [-0.05, 0) is 12.7 Å². The molecule has 4 N–H and O–H groups in total. The van der Waals surface area contributed by atoms with E-state index in [-0.39, 0.29) is 11.9 Å². The van der Waals surface area contributed by atoms with Crippen molar-refractivity contribution in [3.8, 4) is 0 Å². The lowest BCUT2D eigenvalue weighted by Gasteiger charge is -2.13. The number of likely N-dealkylation sites (N-methyl/N-ethyl adjacent to an activating group) is 1. The SMILES string of the molecule is CSc1nc(NN)cc(NC2CCN(C)C2=O)n1. The van der Waals surface area contributed by atoms with Crippen LogP contribution < -0.4 is 16.6 Å². The standard InChI is InChI=1S/C10H16N6OS/c1-16-4-3-6(9(16)17)12-7-5-8(15-11)14-10(13-7)18-2/h5-6H,3-4,11H2,1-2H3,(H2,12,13,14,15). The van der Waals surface area contributed by atoms with Gasteiger partial charge in [-0.25, -0.2) is 15.8 Å². The molecule has 1 aromatic rings. The largest absolute Gasteiger partial charge is 0.358 e. The number of hydrazine groups is 1. The number of rotatable bonds is 4. The number of nitrogens with two attached hydrogens (primary N) is 1. The summed E-state index contributed by atoms with van der Waals surface area (Å²) >= 11 is 1.42. The van der Waals surface area contributed by atoms with E-state index in [9.17, 15) is 4.79 Å². The van der Waals surface area contributed by atoms with Crippen LogP contribution in [0.4, 0.5) is 11.6 Å². The number of nitrogens with zero attached hydrogens (tertiary/aromatic N) is 3. The lowest BCUT2D eigenvalue weighted by Crippen LogP contribution is -2.31. The molecule has 0 spiro atoms. The summed E-state index contributed by atoms with van der Waals surface area (Å²) in [6.45, 7) is 0.763. The Balaban J connectivity index is 2.16. The van der Waals surface area contributed by atoms with E-state index in [1.807, 2.05) is 6.26 Å². The van der Waals surface area contributed by atoms with Crippen LogP contribution in [0.25, 0.3) is 0 Å². The van der Waals surface area contributed by atoms with Crippen LogP contribution in [0.2, 0.25) is 0 Å². The maximum absolute atomic E-state index is 11.8.